The van der Waals surface area contributed by atoms with Crippen LogP contribution >= 0.6 is 0 Å². The molecule has 0 aliphatic rings. The number of hydrogen-bond acceptors (Lipinski definition) is 4. The van der Waals surface area contributed by atoms with Crippen LogP contribution in [-0.2, 0) is 16.6 Å². The van der Waals surface area contributed by atoms with Gasteiger partial charge < -0.3 is 20.3 Å². The van der Waals surface area contributed by atoms with Gasteiger partial charge in [0.05, 0.1) is 0 Å². The van der Waals surface area contributed by atoms with Gasteiger partial charge in [-0.05, 0) is 47.2 Å². The summed E-state index contributed by atoms with van der Waals surface area (Å²) in [5.41, 5.74) is 3.14. The van der Waals surface area contributed by atoms with Crippen molar-refractivity contribution in [2.24, 2.45) is 0 Å². The van der Waals surface area contributed by atoms with E-state index < -0.39 is 12.1 Å². The zero-order chi connectivity index (χ0) is 19.9. The molecule has 5 nitrogen and oxygen atoms in total. The summed E-state index contributed by atoms with van der Waals surface area (Å²) in [6, 6.07) is 15.5. The second-order valence-corrected chi connectivity index (χ2v) is 7.71. The normalized spacial score (nSPS) is 12.4. The summed E-state index contributed by atoms with van der Waals surface area (Å²) in [7, 11) is 0. The molecule has 0 aliphatic carbocycles. The molecule has 0 amide bonds. The van der Waals surface area contributed by atoms with Crippen molar-refractivity contribution in [2.45, 2.75) is 45.1 Å². The Morgan fingerprint density at radius 3 is 2.48 bits per heavy atom. The number of anilines is 1. The van der Waals surface area contributed by atoms with E-state index in [0.717, 1.165) is 17.0 Å². The number of hydrogen-bond donors (Lipinski definition) is 3. The number of carboxylic acids is 1. The number of carbonyl (C=O) groups is 1. The average Bonchev–Trinajstić information content (AvgIpc) is 2.63. The summed E-state index contributed by atoms with van der Waals surface area (Å²) in [6.07, 6.45) is -0.0652. The van der Waals surface area contributed by atoms with Crippen LogP contribution in [0.1, 0.15) is 38.3 Å². The van der Waals surface area contributed by atoms with E-state index in [9.17, 15) is 9.90 Å². The number of aryl methyl sites for hydroxylation is 1. The van der Waals surface area contributed by atoms with Crippen LogP contribution in [0.4, 0.5) is 5.69 Å². The van der Waals surface area contributed by atoms with Crippen molar-refractivity contribution >= 4 is 11.7 Å². The average molecular weight is 371 g/mol. The fourth-order valence-electron chi connectivity index (χ4n) is 2.63. The first-order chi connectivity index (χ1) is 12.7. The SMILES string of the molecule is CC(C)(C)c1ccc(OCC(O)CNc2cccc(CCC(=O)O)c2)cc1. The van der Waals surface area contributed by atoms with Crippen molar-refractivity contribution in [3.05, 3.63) is 59.7 Å². The summed E-state index contributed by atoms with van der Waals surface area (Å²) in [4.78, 5) is 10.7. The van der Waals surface area contributed by atoms with Gasteiger partial charge in [-0.1, -0.05) is 45.0 Å². The Hall–Kier alpha value is -2.53. The Morgan fingerprint density at radius 2 is 1.85 bits per heavy atom. The highest BCUT2D eigenvalue weighted by Gasteiger charge is 2.13. The Kier molecular flexibility index (Phi) is 7.25. The van der Waals surface area contributed by atoms with Crippen molar-refractivity contribution in [3.63, 3.8) is 0 Å². The van der Waals surface area contributed by atoms with Gasteiger partial charge >= 0.3 is 5.97 Å². The van der Waals surface area contributed by atoms with E-state index >= 15 is 0 Å². The summed E-state index contributed by atoms with van der Waals surface area (Å²) < 4.78 is 5.66. The van der Waals surface area contributed by atoms with Gasteiger partial charge in [-0.15, -0.1) is 0 Å². The molecule has 0 radical (unpaired) electrons. The number of carboxylic acid groups (broad SMARTS) is 1. The Labute approximate surface area is 161 Å². The molecule has 0 aromatic heterocycles. The number of aliphatic hydroxyl groups is 1. The van der Waals surface area contributed by atoms with Crippen LogP contribution in [0.5, 0.6) is 5.75 Å². The lowest BCUT2D eigenvalue weighted by Crippen LogP contribution is -2.26. The van der Waals surface area contributed by atoms with Gasteiger partial charge in [0.15, 0.2) is 0 Å². The van der Waals surface area contributed by atoms with Gasteiger partial charge in [-0.2, -0.15) is 0 Å². The topological polar surface area (TPSA) is 78.8 Å². The molecule has 0 bridgehead atoms. The van der Waals surface area contributed by atoms with E-state index in [4.69, 9.17) is 9.84 Å². The smallest absolute Gasteiger partial charge is 0.303 e. The fourth-order valence-corrected chi connectivity index (χ4v) is 2.63. The molecule has 1 atom stereocenters. The summed E-state index contributed by atoms with van der Waals surface area (Å²) >= 11 is 0. The van der Waals surface area contributed by atoms with Gasteiger partial charge in [-0.25, -0.2) is 0 Å². The van der Waals surface area contributed by atoms with Crippen LogP contribution in [0.2, 0.25) is 0 Å². The summed E-state index contributed by atoms with van der Waals surface area (Å²) in [5.74, 6) is -0.0748. The molecule has 146 valence electrons. The number of aliphatic hydroxyl groups excluding tert-OH is 1. The molecule has 0 aliphatic heterocycles. The zero-order valence-electron chi connectivity index (χ0n) is 16.2. The van der Waals surface area contributed by atoms with Crippen LogP contribution < -0.4 is 10.1 Å². The maximum atomic E-state index is 10.7. The van der Waals surface area contributed by atoms with Gasteiger partial charge in [0, 0.05) is 18.7 Å². The molecule has 0 saturated heterocycles. The van der Waals surface area contributed by atoms with Crippen LogP contribution in [-0.4, -0.2) is 35.4 Å². The minimum atomic E-state index is -0.809. The molecule has 0 fully saturated rings. The highest BCUT2D eigenvalue weighted by Crippen LogP contribution is 2.24. The third kappa shape index (κ3) is 7.31. The van der Waals surface area contributed by atoms with E-state index in [0.29, 0.717) is 13.0 Å². The fraction of sp³-hybridized carbons (Fsp3) is 0.409. The second-order valence-electron chi connectivity index (χ2n) is 7.71. The number of aliphatic carboxylic acids is 1. The third-order valence-corrected chi connectivity index (χ3v) is 4.26. The van der Waals surface area contributed by atoms with Crippen molar-refractivity contribution in [1.29, 1.82) is 0 Å². The van der Waals surface area contributed by atoms with Gasteiger partial charge in [0.25, 0.3) is 0 Å². The molecule has 1 unspecified atom stereocenters. The first-order valence-electron chi connectivity index (χ1n) is 9.20. The minimum absolute atomic E-state index is 0.0982. The molecule has 0 heterocycles. The first-order valence-corrected chi connectivity index (χ1v) is 9.20. The Morgan fingerprint density at radius 1 is 1.15 bits per heavy atom. The van der Waals surface area contributed by atoms with Gasteiger partial charge in [-0.3, -0.25) is 4.79 Å². The quantitative estimate of drug-likeness (QED) is 0.624. The molecule has 0 spiro atoms. The van der Waals surface area contributed by atoms with Crippen molar-refractivity contribution in [3.8, 4) is 5.75 Å². The molecule has 2 aromatic rings. The maximum Gasteiger partial charge on any atom is 0.303 e. The second kappa shape index (κ2) is 9.42. The van der Waals surface area contributed by atoms with Gasteiger partial charge in [0.1, 0.15) is 18.5 Å². The van der Waals surface area contributed by atoms with E-state index in [1.165, 1.54) is 5.56 Å². The monoisotopic (exact) mass is 371 g/mol. The van der Waals surface area contributed by atoms with E-state index in [1.54, 1.807) is 0 Å². The first kappa shape index (κ1) is 20.8. The van der Waals surface area contributed by atoms with Gasteiger partial charge in [0.2, 0.25) is 0 Å². The van der Waals surface area contributed by atoms with Crippen molar-refractivity contribution in [2.75, 3.05) is 18.5 Å². The van der Waals surface area contributed by atoms with E-state index in [1.807, 2.05) is 48.5 Å². The maximum absolute atomic E-state index is 10.7. The molecule has 5 heteroatoms. The van der Waals surface area contributed by atoms with Crippen molar-refractivity contribution in [1.82, 2.24) is 0 Å². The number of nitrogens with one attached hydrogen (secondary N) is 1. The van der Waals surface area contributed by atoms with Crippen LogP contribution in [0.25, 0.3) is 0 Å². The lowest BCUT2D eigenvalue weighted by Gasteiger charge is -2.19. The summed E-state index contributed by atoms with van der Waals surface area (Å²) in [6.45, 7) is 7.03. The summed E-state index contributed by atoms with van der Waals surface area (Å²) in [5, 5.41) is 22.1. The number of ether oxygens (including phenoxy) is 1. The lowest BCUT2D eigenvalue weighted by atomic mass is 9.87. The molecular formula is C22H29NO4. The third-order valence-electron chi connectivity index (χ3n) is 4.26. The zero-order valence-corrected chi connectivity index (χ0v) is 16.2. The largest absolute Gasteiger partial charge is 0.491 e. The van der Waals surface area contributed by atoms with Crippen molar-refractivity contribution < 1.29 is 19.7 Å². The van der Waals surface area contributed by atoms with E-state index in [2.05, 4.69) is 26.1 Å². The highest BCUT2D eigenvalue weighted by molar-refractivity contribution is 5.67. The van der Waals surface area contributed by atoms with Crippen LogP contribution in [0.3, 0.4) is 0 Å². The molecule has 3 N–H and O–H groups in total. The molecule has 2 aromatic carbocycles. The number of benzene rings is 2. The molecular weight excluding hydrogens is 342 g/mol. The minimum Gasteiger partial charge on any atom is -0.491 e. The molecule has 27 heavy (non-hydrogen) atoms. The van der Waals surface area contributed by atoms with Crippen LogP contribution in [0.15, 0.2) is 48.5 Å². The standard InChI is InChI=1S/C22H29NO4/c1-22(2,3)17-8-10-20(11-9-17)27-15-19(24)14-23-18-6-4-5-16(13-18)7-12-21(25)26/h4-6,8-11,13,19,23-24H,7,12,14-15H2,1-3H3,(H,25,26). The molecule has 0 saturated carbocycles. The predicted octanol–water partition coefficient (Wildman–Crippen LogP) is 3.85. The number of rotatable bonds is 9. The predicted molar refractivity (Wildman–Crippen MR) is 108 cm³/mol. The lowest BCUT2D eigenvalue weighted by molar-refractivity contribution is -0.136. The Bertz CT molecular complexity index is 735. The van der Waals surface area contributed by atoms with E-state index in [-0.39, 0.29) is 18.4 Å². The molecule has 2 rings (SSSR count). The highest BCUT2D eigenvalue weighted by atomic mass is 16.5. The van der Waals surface area contributed by atoms with Crippen LogP contribution in [0, 0.1) is 0 Å². The Balaban J connectivity index is 1.78.